The minimum Gasteiger partial charge on any atom is -0.314 e. The number of likely N-dealkylation sites (tertiary alicyclic amines) is 1. The van der Waals surface area contributed by atoms with Crippen LogP contribution < -0.4 is 10.6 Å². The van der Waals surface area contributed by atoms with Crippen LogP contribution in [0.3, 0.4) is 0 Å². The van der Waals surface area contributed by atoms with Crippen molar-refractivity contribution in [3.05, 3.63) is 34.9 Å². The molecule has 8 heteroatoms. The van der Waals surface area contributed by atoms with E-state index in [1.54, 1.807) is 12.1 Å². The summed E-state index contributed by atoms with van der Waals surface area (Å²) in [6.45, 7) is 7.85. The highest BCUT2D eigenvalue weighted by atomic mass is 16.2. The van der Waals surface area contributed by atoms with Crippen LogP contribution in [0.5, 0.6) is 0 Å². The molecule has 8 nitrogen and oxygen atoms in total. The van der Waals surface area contributed by atoms with Gasteiger partial charge in [-0.3, -0.25) is 34.3 Å². The lowest BCUT2D eigenvalue weighted by Gasteiger charge is -2.32. The molecule has 0 bridgehead atoms. The van der Waals surface area contributed by atoms with Crippen molar-refractivity contribution in [1.29, 1.82) is 0 Å². The summed E-state index contributed by atoms with van der Waals surface area (Å²) in [6, 6.07) is 4.90. The van der Waals surface area contributed by atoms with E-state index < -0.39 is 23.8 Å². The van der Waals surface area contributed by atoms with Crippen molar-refractivity contribution in [2.45, 2.75) is 58.2 Å². The highest BCUT2D eigenvalue weighted by Gasteiger charge is 2.45. The summed E-state index contributed by atoms with van der Waals surface area (Å²) in [5.41, 5.74) is 1.58. The van der Waals surface area contributed by atoms with Crippen LogP contribution in [0.25, 0.3) is 0 Å². The molecule has 4 rings (SSSR count). The number of imide groups is 2. The van der Waals surface area contributed by atoms with E-state index in [1.807, 2.05) is 6.07 Å². The first-order chi connectivity index (χ1) is 14.8. The van der Waals surface area contributed by atoms with Gasteiger partial charge in [-0.05, 0) is 56.4 Å². The van der Waals surface area contributed by atoms with Crippen LogP contribution in [0.1, 0.15) is 65.8 Å². The smallest absolute Gasteiger partial charge is 0.262 e. The maximum atomic E-state index is 13.2. The van der Waals surface area contributed by atoms with Crippen molar-refractivity contribution in [3.8, 4) is 0 Å². The van der Waals surface area contributed by atoms with Crippen LogP contribution in [0.2, 0.25) is 0 Å². The van der Waals surface area contributed by atoms with Gasteiger partial charge < -0.3 is 5.32 Å². The average Bonchev–Trinajstić information content (AvgIpc) is 2.99. The Bertz CT molecular complexity index is 905. The Hall–Kier alpha value is -2.58. The number of nitrogens with one attached hydrogen (secondary N) is 2. The predicted molar refractivity (Wildman–Crippen MR) is 114 cm³/mol. The lowest BCUT2D eigenvalue weighted by Crippen LogP contribution is -2.54. The second-order valence-electron chi connectivity index (χ2n) is 9.07. The van der Waals surface area contributed by atoms with Crippen LogP contribution in [-0.4, -0.2) is 65.1 Å². The molecule has 0 aliphatic carbocycles. The third kappa shape index (κ3) is 4.41. The fourth-order valence-electron chi connectivity index (χ4n) is 4.71. The molecule has 1 unspecified atom stereocenters. The molecule has 3 aliphatic rings. The molecule has 0 saturated carbocycles. The summed E-state index contributed by atoms with van der Waals surface area (Å²) in [5.74, 6) is -1.17. The van der Waals surface area contributed by atoms with Crippen molar-refractivity contribution < 1.29 is 19.2 Å². The quantitative estimate of drug-likeness (QED) is 0.666. The van der Waals surface area contributed by atoms with Crippen molar-refractivity contribution in [2.24, 2.45) is 5.92 Å². The lowest BCUT2D eigenvalue weighted by atomic mass is 9.95. The molecule has 2 fully saturated rings. The molecule has 0 aromatic heterocycles. The number of hydrogen-bond acceptors (Lipinski definition) is 6. The normalized spacial score (nSPS) is 22.9. The molecule has 166 valence electrons. The van der Waals surface area contributed by atoms with E-state index in [4.69, 9.17) is 0 Å². The van der Waals surface area contributed by atoms with Gasteiger partial charge in [0.25, 0.3) is 11.8 Å². The number of nitrogens with zero attached hydrogens (tertiary/aromatic N) is 2. The molecule has 1 atom stereocenters. The number of benzene rings is 1. The van der Waals surface area contributed by atoms with Crippen molar-refractivity contribution in [1.82, 2.24) is 20.4 Å². The standard InChI is InChI=1S/C23H30N4O4/c1-14(2)24-12-15-8-10-26(11-9-15)13-16-4-3-5-17-20(16)23(31)27(22(17)30)18-6-7-19(28)25-21(18)29/h3-5,14-15,18,24H,6-13H2,1-2H3,(H,25,28,29). The fraction of sp³-hybridized carbons (Fsp3) is 0.565. The second-order valence-corrected chi connectivity index (χ2v) is 9.07. The minimum atomic E-state index is -0.929. The van der Waals surface area contributed by atoms with E-state index in [9.17, 15) is 19.2 Å². The summed E-state index contributed by atoms with van der Waals surface area (Å²) in [4.78, 5) is 53.3. The highest BCUT2D eigenvalue weighted by Crippen LogP contribution is 2.31. The van der Waals surface area contributed by atoms with E-state index >= 15 is 0 Å². The largest absolute Gasteiger partial charge is 0.314 e. The van der Waals surface area contributed by atoms with Crippen LogP contribution in [-0.2, 0) is 16.1 Å². The molecule has 4 amide bonds. The van der Waals surface area contributed by atoms with Crippen LogP contribution in [0, 0.1) is 5.92 Å². The van der Waals surface area contributed by atoms with Gasteiger partial charge in [0.15, 0.2) is 0 Å². The van der Waals surface area contributed by atoms with Crippen LogP contribution in [0.4, 0.5) is 0 Å². The van der Waals surface area contributed by atoms with E-state index in [0.717, 1.165) is 42.9 Å². The molecule has 2 N–H and O–H groups in total. The number of rotatable bonds is 6. The van der Waals surface area contributed by atoms with Crippen LogP contribution in [0.15, 0.2) is 18.2 Å². The maximum absolute atomic E-state index is 13.2. The zero-order valence-electron chi connectivity index (χ0n) is 18.1. The molecule has 2 saturated heterocycles. The fourth-order valence-corrected chi connectivity index (χ4v) is 4.71. The zero-order valence-corrected chi connectivity index (χ0v) is 18.1. The highest BCUT2D eigenvalue weighted by molar-refractivity contribution is 6.24. The van der Waals surface area contributed by atoms with Gasteiger partial charge in [-0.15, -0.1) is 0 Å². The summed E-state index contributed by atoms with van der Waals surface area (Å²) in [5, 5.41) is 5.75. The number of fused-ring (bicyclic) bond motifs is 1. The molecule has 0 radical (unpaired) electrons. The van der Waals surface area contributed by atoms with Gasteiger partial charge in [-0.2, -0.15) is 0 Å². The molecular weight excluding hydrogens is 396 g/mol. The Morgan fingerprint density at radius 2 is 1.81 bits per heavy atom. The van der Waals surface area contributed by atoms with Gasteiger partial charge in [0.1, 0.15) is 6.04 Å². The number of piperidine rings is 2. The third-order valence-electron chi connectivity index (χ3n) is 6.47. The summed E-state index contributed by atoms with van der Waals surface area (Å²) in [6.07, 6.45) is 2.49. The van der Waals surface area contributed by atoms with E-state index in [-0.39, 0.29) is 18.7 Å². The van der Waals surface area contributed by atoms with Gasteiger partial charge in [0.05, 0.1) is 11.1 Å². The van der Waals surface area contributed by atoms with Gasteiger partial charge in [-0.25, -0.2) is 0 Å². The van der Waals surface area contributed by atoms with E-state index in [2.05, 4.69) is 29.4 Å². The first kappa shape index (κ1) is 21.6. The third-order valence-corrected chi connectivity index (χ3v) is 6.47. The van der Waals surface area contributed by atoms with Crippen molar-refractivity contribution >= 4 is 23.6 Å². The first-order valence-corrected chi connectivity index (χ1v) is 11.1. The molecule has 0 spiro atoms. The first-order valence-electron chi connectivity index (χ1n) is 11.1. The monoisotopic (exact) mass is 426 g/mol. The Morgan fingerprint density at radius 3 is 2.48 bits per heavy atom. The molecule has 31 heavy (non-hydrogen) atoms. The summed E-state index contributed by atoms with van der Waals surface area (Å²) in [7, 11) is 0. The molecular formula is C23H30N4O4. The van der Waals surface area contributed by atoms with Gasteiger partial charge in [0, 0.05) is 19.0 Å². The molecule has 1 aromatic rings. The van der Waals surface area contributed by atoms with E-state index in [0.29, 0.717) is 29.6 Å². The molecule has 3 heterocycles. The minimum absolute atomic E-state index is 0.122. The van der Waals surface area contributed by atoms with E-state index in [1.165, 1.54) is 0 Å². The zero-order chi connectivity index (χ0) is 22.1. The number of carbonyl (C=O) groups excluding carboxylic acids is 4. The molecule has 3 aliphatic heterocycles. The molecule has 1 aromatic carbocycles. The Morgan fingerprint density at radius 1 is 1.06 bits per heavy atom. The number of amides is 4. The maximum Gasteiger partial charge on any atom is 0.262 e. The van der Waals surface area contributed by atoms with Crippen LogP contribution >= 0.6 is 0 Å². The topological polar surface area (TPSA) is 98.8 Å². The summed E-state index contributed by atoms with van der Waals surface area (Å²) >= 11 is 0. The predicted octanol–water partition coefficient (Wildman–Crippen LogP) is 1.30. The van der Waals surface area contributed by atoms with Crippen molar-refractivity contribution in [3.63, 3.8) is 0 Å². The van der Waals surface area contributed by atoms with Crippen molar-refractivity contribution in [2.75, 3.05) is 19.6 Å². The Kier molecular flexibility index (Phi) is 6.20. The second kappa shape index (κ2) is 8.88. The Balaban J connectivity index is 1.46. The van der Waals surface area contributed by atoms with Gasteiger partial charge in [0.2, 0.25) is 11.8 Å². The van der Waals surface area contributed by atoms with Gasteiger partial charge in [-0.1, -0.05) is 26.0 Å². The SMILES string of the molecule is CC(C)NCC1CCN(Cc2cccc3c2C(=O)N(C2CCC(=O)NC2=O)C3=O)CC1. The lowest BCUT2D eigenvalue weighted by molar-refractivity contribution is -0.136. The Labute approximate surface area is 182 Å². The summed E-state index contributed by atoms with van der Waals surface area (Å²) < 4.78 is 0. The average molecular weight is 427 g/mol. The number of hydrogen-bond donors (Lipinski definition) is 2. The van der Waals surface area contributed by atoms with Gasteiger partial charge >= 0.3 is 0 Å². The number of carbonyl (C=O) groups is 4.